The summed E-state index contributed by atoms with van der Waals surface area (Å²) in [5.41, 5.74) is 3.70. The van der Waals surface area contributed by atoms with Gasteiger partial charge >= 0.3 is 0 Å². The first-order valence-corrected chi connectivity index (χ1v) is 19.0. The van der Waals surface area contributed by atoms with E-state index in [1.165, 1.54) is 56.9 Å². The number of benzene rings is 2. The number of hydrogen-bond donors (Lipinski definition) is 0. The summed E-state index contributed by atoms with van der Waals surface area (Å²) in [6.45, 7) is 28.0. The van der Waals surface area contributed by atoms with E-state index in [0.717, 1.165) is 64.0 Å². The van der Waals surface area contributed by atoms with Crippen LogP contribution in [0.2, 0.25) is 0 Å². The van der Waals surface area contributed by atoms with Crippen LogP contribution < -0.4 is 9.47 Å². The van der Waals surface area contributed by atoms with Crippen LogP contribution in [-0.2, 0) is 15.9 Å². The minimum atomic E-state index is -0.353. The molecule has 0 aliphatic heterocycles. The molecule has 0 aromatic heterocycles. The third-order valence-corrected chi connectivity index (χ3v) is 9.17. The van der Waals surface area contributed by atoms with Gasteiger partial charge in [0.25, 0.3) is 0 Å². The molecule has 2 aromatic rings. The molecule has 2 aromatic carbocycles. The first kappa shape index (κ1) is 41.1. The lowest BCUT2D eigenvalue weighted by molar-refractivity contribution is -0.0769. The molecule has 4 unspecified atom stereocenters. The van der Waals surface area contributed by atoms with Crippen molar-refractivity contribution >= 4 is 10.8 Å². The molecule has 0 N–H and O–H groups in total. The van der Waals surface area contributed by atoms with Crippen LogP contribution in [0.1, 0.15) is 145 Å². The highest BCUT2D eigenvalue weighted by molar-refractivity contribution is 5.96. The van der Waals surface area contributed by atoms with E-state index in [1.807, 2.05) is 13.8 Å². The average molecular weight is 653 g/mol. The fourth-order valence-electron chi connectivity index (χ4n) is 6.22. The smallest absolute Gasteiger partial charge is 0.197 e. The van der Waals surface area contributed by atoms with E-state index in [1.54, 1.807) is 0 Å². The van der Waals surface area contributed by atoms with Gasteiger partial charge in [0, 0.05) is 16.3 Å². The SMILES string of the molecule is C/C(=C\Cc1c(C)c(OC(C)OCC(C)C)c2ccccc2c1OC(C)OCC(C)C)CCCC(C)CCCC(C)CCCC(C)C. The van der Waals surface area contributed by atoms with Gasteiger partial charge in [-0.25, -0.2) is 0 Å². The zero-order chi connectivity index (χ0) is 34.9. The van der Waals surface area contributed by atoms with Gasteiger partial charge in [0.1, 0.15) is 11.5 Å². The van der Waals surface area contributed by atoms with Gasteiger partial charge in [-0.2, -0.15) is 0 Å². The molecule has 0 saturated heterocycles. The molecule has 268 valence electrons. The van der Waals surface area contributed by atoms with Crippen molar-refractivity contribution < 1.29 is 18.9 Å². The van der Waals surface area contributed by atoms with Crippen LogP contribution in [0, 0.1) is 36.5 Å². The van der Waals surface area contributed by atoms with E-state index in [-0.39, 0.29) is 12.6 Å². The number of rotatable bonds is 24. The summed E-state index contributed by atoms with van der Waals surface area (Å²) in [5, 5.41) is 2.09. The van der Waals surface area contributed by atoms with E-state index in [4.69, 9.17) is 18.9 Å². The fourth-order valence-corrected chi connectivity index (χ4v) is 6.22. The predicted octanol–water partition coefficient (Wildman–Crippen LogP) is 12.9. The maximum atomic E-state index is 6.62. The minimum absolute atomic E-state index is 0.347. The van der Waals surface area contributed by atoms with Crippen LogP contribution in [0.15, 0.2) is 35.9 Å². The molecule has 4 heteroatoms. The van der Waals surface area contributed by atoms with E-state index in [2.05, 4.69) is 99.6 Å². The summed E-state index contributed by atoms with van der Waals surface area (Å²) in [6.07, 6.45) is 14.4. The second kappa shape index (κ2) is 21.8. The van der Waals surface area contributed by atoms with Crippen molar-refractivity contribution in [2.75, 3.05) is 13.2 Å². The lowest BCUT2D eigenvalue weighted by atomic mass is 9.91. The molecule has 0 saturated carbocycles. The maximum Gasteiger partial charge on any atom is 0.197 e. The van der Waals surface area contributed by atoms with Gasteiger partial charge in [0.15, 0.2) is 12.6 Å². The maximum absolute atomic E-state index is 6.62. The number of ether oxygens (including phenoxy) is 4. The number of hydrogen-bond acceptors (Lipinski definition) is 4. The first-order valence-electron chi connectivity index (χ1n) is 19.0. The Bertz CT molecular complexity index is 1180. The van der Waals surface area contributed by atoms with Crippen LogP contribution >= 0.6 is 0 Å². The van der Waals surface area contributed by atoms with E-state index >= 15 is 0 Å². The molecule has 4 nitrogen and oxygen atoms in total. The van der Waals surface area contributed by atoms with Gasteiger partial charge in [-0.15, -0.1) is 0 Å². The van der Waals surface area contributed by atoms with Crippen LogP contribution in [0.3, 0.4) is 0 Å². The monoisotopic (exact) mass is 653 g/mol. The van der Waals surface area contributed by atoms with Crippen LogP contribution in [0.25, 0.3) is 10.8 Å². The van der Waals surface area contributed by atoms with Crippen molar-refractivity contribution in [1.82, 2.24) is 0 Å². The molecular weight excluding hydrogens is 580 g/mol. The second-order valence-corrected chi connectivity index (χ2v) is 15.7. The number of fused-ring (bicyclic) bond motifs is 1. The standard InChI is InChI=1S/C43H72O4/c1-30(2)18-15-19-33(7)20-16-21-34(8)22-17-23-35(9)26-27-39-36(10)42(46-37(11)44-28-31(3)4)40-24-13-14-25-41(40)43(39)47-38(12)45-29-32(5)6/h13-14,24-26,30-34,37-38H,15-23,27-29H2,1-12H3/b35-26+. The fraction of sp³-hybridized carbons (Fsp3) is 0.721. The first-order chi connectivity index (χ1) is 22.3. The normalized spacial score (nSPS) is 15.1. The van der Waals surface area contributed by atoms with Crippen molar-refractivity contribution in [2.45, 2.75) is 160 Å². The number of allylic oxidation sites excluding steroid dienone is 2. The molecule has 0 heterocycles. The molecule has 0 amide bonds. The molecular formula is C43H72O4. The Balaban J connectivity index is 2.15. The van der Waals surface area contributed by atoms with Crippen LogP contribution in [-0.4, -0.2) is 25.8 Å². The van der Waals surface area contributed by atoms with Crippen molar-refractivity contribution in [2.24, 2.45) is 29.6 Å². The highest BCUT2D eigenvalue weighted by Gasteiger charge is 2.22. The van der Waals surface area contributed by atoms with Crippen molar-refractivity contribution in [1.29, 1.82) is 0 Å². The molecule has 0 spiro atoms. The van der Waals surface area contributed by atoms with Crippen molar-refractivity contribution in [3.8, 4) is 11.5 Å². The topological polar surface area (TPSA) is 36.9 Å². The molecule has 0 bridgehead atoms. The molecule has 4 atom stereocenters. The Kier molecular flexibility index (Phi) is 19.1. The summed E-state index contributed by atoms with van der Waals surface area (Å²) in [7, 11) is 0. The van der Waals surface area contributed by atoms with Gasteiger partial charge in [0.05, 0.1) is 13.2 Å². The van der Waals surface area contributed by atoms with Crippen LogP contribution in [0.4, 0.5) is 0 Å². The lowest BCUT2D eigenvalue weighted by Gasteiger charge is -2.25. The largest absolute Gasteiger partial charge is 0.464 e. The van der Waals surface area contributed by atoms with Gasteiger partial charge in [0.2, 0.25) is 0 Å². The highest BCUT2D eigenvalue weighted by Crippen LogP contribution is 2.42. The van der Waals surface area contributed by atoms with Gasteiger partial charge in [-0.05, 0) is 82.1 Å². The Labute approximate surface area is 290 Å². The third-order valence-electron chi connectivity index (χ3n) is 9.17. The lowest BCUT2D eigenvalue weighted by Crippen LogP contribution is -2.21. The summed E-state index contributed by atoms with van der Waals surface area (Å²) < 4.78 is 25.3. The zero-order valence-electron chi connectivity index (χ0n) is 32.5. The third kappa shape index (κ3) is 15.8. The molecule has 0 radical (unpaired) electrons. The molecule has 0 aliphatic rings. The average Bonchev–Trinajstić information content (AvgIpc) is 3.00. The van der Waals surface area contributed by atoms with E-state index in [9.17, 15) is 0 Å². The molecule has 0 aliphatic carbocycles. The van der Waals surface area contributed by atoms with Crippen LogP contribution in [0.5, 0.6) is 11.5 Å². The second-order valence-electron chi connectivity index (χ2n) is 15.7. The molecule has 47 heavy (non-hydrogen) atoms. The predicted molar refractivity (Wildman–Crippen MR) is 203 cm³/mol. The minimum Gasteiger partial charge on any atom is -0.464 e. The van der Waals surface area contributed by atoms with E-state index < -0.39 is 0 Å². The van der Waals surface area contributed by atoms with Gasteiger partial charge in [-0.3, -0.25) is 0 Å². The van der Waals surface area contributed by atoms with Gasteiger partial charge < -0.3 is 18.9 Å². The quantitative estimate of drug-likeness (QED) is 0.0835. The summed E-state index contributed by atoms with van der Waals surface area (Å²) >= 11 is 0. The Morgan fingerprint density at radius 2 is 1.09 bits per heavy atom. The molecule has 0 fully saturated rings. The summed E-state index contributed by atoms with van der Waals surface area (Å²) in [6, 6.07) is 8.40. The summed E-state index contributed by atoms with van der Waals surface area (Å²) in [4.78, 5) is 0. The Morgan fingerprint density at radius 1 is 0.617 bits per heavy atom. The highest BCUT2D eigenvalue weighted by atomic mass is 16.7. The van der Waals surface area contributed by atoms with Crippen molar-refractivity contribution in [3.05, 3.63) is 47.0 Å². The Morgan fingerprint density at radius 3 is 1.60 bits per heavy atom. The molecule has 2 rings (SSSR count). The van der Waals surface area contributed by atoms with Gasteiger partial charge in [-0.1, -0.05) is 136 Å². The van der Waals surface area contributed by atoms with Crippen molar-refractivity contribution in [3.63, 3.8) is 0 Å². The summed E-state index contributed by atoms with van der Waals surface area (Å²) in [5.74, 6) is 5.16. The zero-order valence-corrected chi connectivity index (χ0v) is 32.5. The van der Waals surface area contributed by atoms with E-state index in [0.29, 0.717) is 25.0 Å². The Hall–Kier alpha value is -2.04.